The van der Waals surface area contributed by atoms with Gasteiger partial charge in [0.1, 0.15) is 5.00 Å². The zero-order valence-corrected chi connectivity index (χ0v) is 16.4. The highest BCUT2D eigenvalue weighted by Gasteiger charge is 2.23. The Morgan fingerprint density at radius 3 is 2.52 bits per heavy atom. The summed E-state index contributed by atoms with van der Waals surface area (Å²) < 4.78 is 4.83. The van der Waals surface area contributed by atoms with Gasteiger partial charge in [-0.2, -0.15) is 0 Å². The third-order valence-electron chi connectivity index (χ3n) is 4.71. The Morgan fingerprint density at radius 2 is 1.93 bits per heavy atom. The summed E-state index contributed by atoms with van der Waals surface area (Å²) in [6, 6.07) is 7.44. The maximum absolute atomic E-state index is 12.4. The van der Waals surface area contributed by atoms with E-state index in [2.05, 4.69) is 5.32 Å². The molecule has 0 radical (unpaired) electrons. The molecule has 0 unspecified atom stereocenters. The van der Waals surface area contributed by atoms with Crippen molar-refractivity contribution in [3.8, 4) is 0 Å². The van der Waals surface area contributed by atoms with Gasteiger partial charge in [0, 0.05) is 23.5 Å². The molecule has 1 aliphatic heterocycles. The highest BCUT2D eigenvalue weighted by atomic mass is 32.1. The van der Waals surface area contributed by atoms with Crippen LogP contribution in [-0.2, 0) is 20.7 Å². The molecule has 2 aromatic rings. The molecule has 0 atom stereocenters. The van der Waals surface area contributed by atoms with Crippen molar-refractivity contribution in [2.45, 2.75) is 33.1 Å². The molecule has 0 saturated carbocycles. The normalized spacial score (nSPS) is 13.7. The number of amides is 2. The minimum atomic E-state index is -0.452. The topological polar surface area (TPSA) is 75.7 Å². The lowest BCUT2D eigenvalue weighted by molar-refractivity contribution is -0.117. The van der Waals surface area contributed by atoms with Crippen molar-refractivity contribution < 1.29 is 19.1 Å². The van der Waals surface area contributed by atoms with E-state index in [9.17, 15) is 14.4 Å². The second kappa shape index (κ2) is 7.92. The monoisotopic (exact) mass is 386 g/mol. The molecule has 142 valence electrons. The van der Waals surface area contributed by atoms with Crippen molar-refractivity contribution in [2.75, 3.05) is 23.9 Å². The molecule has 27 heavy (non-hydrogen) atoms. The average Bonchev–Trinajstić information content (AvgIpc) is 3.18. The Hall–Kier alpha value is -2.67. The van der Waals surface area contributed by atoms with Crippen LogP contribution in [0.25, 0.3) is 0 Å². The van der Waals surface area contributed by atoms with Gasteiger partial charge in [-0.1, -0.05) is 12.1 Å². The number of ether oxygens (including phenoxy) is 1. The number of hydrogen-bond acceptors (Lipinski definition) is 5. The molecule has 0 spiro atoms. The van der Waals surface area contributed by atoms with E-state index in [1.807, 2.05) is 38.1 Å². The van der Waals surface area contributed by atoms with Crippen LogP contribution in [0.1, 0.15) is 39.2 Å². The Bertz CT molecular complexity index is 886. The molecule has 1 saturated heterocycles. The Kier molecular flexibility index (Phi) is 5.60. The molecular weight excluding hydrogens is 364 g/mol. The molecule has 1 aromatic heterocycles. The molecule has 0 bridgehead atoms. The number of aryl methyl sites for hydroxylation is 1. The molecule has 6 nitrogen and oxygen atoms in total. The number of rotatable bonds is 5. The summed E-state index contributed by atoms with van der Waals surface area (Å²) in [6.07, 6.45) is 1.66. The number of methoxy groups -OCH3 is 1. The number of carbonyl (C=O) groups excluding carboxylic acids is 3. The van der Waals surface area contributed by atoms with Crippen molar-refractivity contribution in [2.24, 2.45) is 0 Å². The number of hydrogen-bond donors (Lipinski definition) is 1. The summed E-state index contributed by atoms with van der Waals surface area (Å²) in [5.41, 5.74) is 2.93. The predicted octanol–water partition coefficient (Wildman–Crippen LogP) is 3.46. The van der Waals surface area contributed by atoms with Gasteiger partial charge in [0.25, 0.3) is 0 Å². The molecule has 0 aliphatic carbocycles. The van der Waals surface area contributed by atoms with Crippen LogP contribution in [0.2, 0.25) is 0 Å². The zero-order chi connectivity index (χ0) is 19.6. The lowest BCUT2D eigenvalue weighted by Gasteiger charge is -2.15. The summed E-state index contributed by atoms with van der Waals surface area (Å²) in [7, 11) is 1.33. The van der Waals surface area contributed by atoms with Crippen molar-refractivity contribution in [3.63, 3.8) is 0 Å². The second-order valence-electron chi connectivity index (χ2n) is 6.52. The quantitative estimate of drug-likeness (QED) is 0.799. The number of carbonyl (C=O) groups is 3. The summed E-state index contributed by atoms with van der Waals surface area (Å²) in [5, 5.41) is 3.34. The summed E-state index contributed by atoms with van der Waals surface area (Å²) in [5.74, 6) is -0.516. The molecule has 3 rings (SSSR count). The van der Waals surface area contributed by atoms with Crippen molar-refractivity contribution in [1.29, 1.82) is 0 Å². The molecule has 7 heteroatoms. The van der Waals surface area contributed by atoms with Crippen molar-refractivity contribution in [1.82, 2.24) is 0 Å². The van der Waals surface area contributed by atoms with E-state index in [4.69, 9.17) is 4.74 Å². The van der Waals surface area contributed by atoms with Crippen LogP contribution in [0, 0.1) is 13.8 Å². The van der Waals surface area contributed by atoms with Gasteiger partial charge in [0.05, 0.1) is 19.1 Å². The van der Waals surface area contributed by atoms with E-state index in [0.717, 1.165) is 34.7 Å². The predicted molar refractivity (Wildman–Crippen MR) is 105 cm³/mol. The van der Waals surface area contributed by atoms with E-state index in [-0.39, 0.29) is 18.2 Å². The van der Waals surface area contributed by atoms with E-state index in [1.165, 1.54) is 18.4 Å². The van der Waals surface area contributed by atoms with Crippen LogP contribution in [0.4, 0.5) is 10.7 Å². The zero-order valence-electron chi connectivity index (χ0n) is 15.6. The third-order valence-corrected chi connectivity index (χ3v) is 5.84. The third kappa shape index (κ3) is 4.03. The summed E-state index contributed by atoms with van der Waals surface area (Å²) in [6.45, 7) is 4.48. The molecular formula is C20H22N2O4S. The minimum absolute atomic E-state index is 0.138. The van der Waals surface area contributed by atoms with Gasteiger partial charge in [-0.15, -0.1) is 11.3 Å². The fraction of sp³-hybridized carbons (Fsp3) is 0.350. The molecule has 1 aromatic carbocycles. The van der Waals surface area contributed by atoms with Gasteiger partial charge in [-0.3, -0.25) is 9.59 Å². The van der Waals surface area contributed by atoms with Gasteiger partial charge in [0.2, 0.25) is 11.8 Å². The van der Waals surface area contributed by atoms with Gasteiger partial charge in [-0.05, 0) is 43.5 Å². The van der Waals surface area contributed by atoms with Crippen molar-refractivity contribution >= 4 is 39.8 Å². The van der Waals surface area contributed by atoms with Crippen LogP contribution in [0.3, 0.4) is 0 Å². The first kappa shape index (κ1) is 19.1. The number of nitrogens with one attached hydrogen (secondary N) is 1. The van der Waals surface area contributed by atoms with E-state index in [1.54, 1.807) is 4.90 Å². The first-order chi connectivity index (χ1) is 12.9. The van der Waals surface area contributed by atoms with Gasteiger partial charge >= 0.3 is 5.97 Å². The van der Waals surface area contributed by atoms with Crippen molar-refractivity contribution in [3.05, 3.63) is 45.8 Å². The van der Waals surface area contributed by atoms with Crippen LogP contribution in [0.5, 0.6) is 0 Å². The lowest BCUT2D eigenvalue weighted by atomic mass is 10.1. The maximum atomic E-state index is 12.4. The van der Waals surface area contributed by atoms with Gasteiger partial charge in [-0.25, -0.2) is 4.79 Å². The van der Waals surface area contributed by atoms with Gasteiger partial charge < -0.3 is 15.0 Å². The Balaban J connectivity index is 1.69. The standard InChI is InChI=1S/C20H22N2O4S/c1-12-13(2)27-19(18(12)20(25)26-3)21-16(23)11-14-6-8-15(9-7-14)22-10-4-5-17(22)24/h6-9H,4-5,10-11H2,1-3H3,(H,21,23). The number of anilines is 2. The van der Waals surface area contributed by atoms with E-state index in [0.29, 0.717) is 17.0 Å². The second-order valence-corrected chi connectivity index (χ2v) is 7.74. The van der Waals surface area contributed by atoms with Crippen LogP contribution in [0.15, 0.2) is 24.3 Å². The maximum Gasteiger partial charge on any atom is 0.341 e. The fourth-order valence-corrected chi connectivity index (χ4v) is 4.20. The highest BCUT2D eigenvalue weighted by molar-refractivity contribution is 7.16. The molecule has 1 fully saturated rings. The largest absolute Gasteiger partial charge is 0.465 e. The Labute approximate surface area is 162 Å². The van der Waals surface area contributed by atoms with Crippen LogP contribution in [-0.4, -0.2) is 31.4 Å². The summed E-state index contributed by atoms with van der Waals surface area (Å²) in [4.78, 5) is 39.0. The van der Waals surface area contributed by atoms with E-state index < -0.39 is 5.97 Å². The molecule has 2 heterocycles. The average molecular weight is 386 g/mol. The molecule has 2 amide bonds. The first-order valence-corrected chi connectivity index (χ1v) is 9.59. The fourth-order valence-electron chi connectivity index (χ4n) is 3.13. The Morgan fingerprint density at radius 1 is 1.22 bits per heavy atom. The number of benzene rings is 1. The first-order valence-electron chi connectivity index (χ1n) is 8.78. The summed E-state index contributed by atoms with van der Waals surface area (Å²) >= 11 is 1.37. The SMILES string of the molecule is COC(=O)c1c(NC(=O)Cc2ccc(N3CCCC3=O)cc2)sc(C)c1C. The molecule has 1 aliphatic rings. The minimum Gasteiger partial charge on any atom is -0.465 e. The molecule has 1 N–H and O–H groups in total. The van der Waals surface area contributed by atoms with Crippen LogP contribution >= 0.6 is 11.3 Å². The number of nitrogens with zero attached hydrogens (tertiary/aromatic N) is 1. The van der Waals surface area contributed by atoms with Crippen LogP contribution < -0.4 is 10.2 Å². The number of esters is 1. The lowest BCUT2D eigenvalue weighted by Crippen LogP contribution is -2.23. The number of thiophene rings is 1. The van der Waals surface area contributed by atoms with Gasteiger partial charge in [0.15, 0.2) is 0 Å². The van der Waals surface area contributed by atoms with E-state index >= 15 is 0 Å². The smallest absolute Gasteiger partial charge is 0.341 e. The highest BCUT2D eigenvalue weighted by Crippen LogP contribution is 2.33.